The molecule has 0 aliphatic carbocycles. The highest BCUT2D eigenvalue weighted by Crippen LogP contribution is 2.17. The number of halogens is 3. The normalized spacial score (nSPS) is 11.1. The topological polar surface area (TPSA) is 69.6 Å². The standard InChI is InChI=1S/C18H12F3N5O/c19-13-3-1-2-11(4-13)9-26-10-16(23-25-26)18-22-17(24-27-18)7-12-5-14(20)8-15(21)6-12/h1-6,8,10H,7,9H2. The van der Waals surface area contributed by atoms with Gasteiger partial charge in [-0.1, -0.05) is 22.5 Å². The van der Waals surface area contributed by atoms with E-state index in [9.17, 15) is 13.2 Å². The first kappa shape index (κ1) is 17.0. The van der Waals surface area contributed by atoms with Crippen LogP contribution in [0.2, 0.25) is 0 Å². The second-order valence-corrected chi connectivity index (χ2v) is 5.90. The van der Waals surface area contributed by atoms with Crippen LogP contribution >= 0.6 is 0 Å². The summed E-state index contributed by atoms with van der Waals surface area (Å²) < 4.78 is 46.4. The van der Waals surface area contributed by atoms with Gasteiger partial charge in [0.1, 0.15) is 17.5 Å². The molecule has 2 heterocycles. The smallest absolute Gasteiger partial charge is 0.280 e. The Morgan fingerprint density at radius 1 is 0.926 bits per heavy atom. The highest BCUT2D eigenvalue weighted by molar-refractivity contribution is 5.43. The van der Waals surface area contributed by atoms with Gasteiger partial charge in [-0.25, -0.2) is 17.9 Å². The summed E-state index contributed by atoms with van der Waals surface area (Å²) >= 11 is 0. The summed E-state index contributed by atoms with van der Waals surface area (Å²) in [4.78, 5) is 4.17. The molecule has 0 radical (unpaired) electrons. The maximum atomic E-state index is 13.3. The van der Waals surface area contributed by atoms with Crippen molar-refractivity contribution in [3.63, 3.8) is 0 Å². The van der Waals surface area contributed by atoms with E-state index in [-0.39, 0.29) is 24.0 Å². The molecule has 0 aliphatic rings. The number of benzene rings is 2. The minimum atomic E-state index is -0.672. The van der Waals surface area contributed by atoms with Crippen molar-refractivity contribution in [2.45, 2.75) is 13.0 Å². The Labute approximate surface area is 151 Å². The number of hydrogen-bond acceptors (Lipinski definition) is 5. The van der Waals surface area contributed by atoms with Crippen LogP contribution in [-0.4, -0.2) is 25.1 Å². The molecular formula is C18H12F3N5O. The van der Waals surface area contributed by atoms with Crippen LogP contribution in [0.1, 0.15) is 17.0 Å². The Morgan fingerprint density at radius 3 is 2.48 bits per heavy atom. The lowest BCUT2D eigenvalue weighted by Gasteiger charge is -2.00. The van der Waals surface area contributed by atoms with E-state index < -0.39 is 11.6 Å². The zero-order chi connectivity index (χ0) is 18.8. The molecule has 0 amide bonds. The Bertz CT molecular complexity index is 1070. The van der Waals surface area contributed by atoms with Gasteiger partial charge in [0.15, 0.2) is 11.5 Å². The van der Waals surface area contributed by atoms with Crippen molar-refractivity contribution in [2.24, 2.45) is 0 Å². The van der Waals surface area contributed by atoms with E-state index in [1.54, 1.807) is 18.3 Å². The van der Waals surface area contributed by atoms with Gasteiger partial charge in [0.2, 0.25) is 0 Å². The molecule has 0 bridgehead atoms. The van der Waals surface area contributed by atoms with Crippen molar-refractivity contribution in [1.82, 2.24) is 25.1 Å². The van der Waals surface area contributed by atoms with Crippen LogP contribution in [0.4, 0.5) is 13.2 Å². The molecule has 0 unspecified atom stereocenters. The first-order valence-electron chi connectivity index (χ1n) is 7.98. The zero-order valence-corrected chi connectivity index (χ0v) is 13.8. The molecule has 9 heteroatoms. The molecule has 0 spiro atoms. The Morgan fingerprint density at radius 2 is 1.70 bits per heavy atom. The Kier molecular flexibility index (Phi) is 4.41. The number of aromatic nitrogens is 5. The van der Waals surface area contributed by atoms with Gasteiger partial charge in [0.05, 0.1) is 12.7 Å². The molecule has 4 aromatic rings. The van der Waals surface area contributed by atoms with E-state index in [4.69, 9.17) is 4.52 Å². The highest BCUT2D eigenvalue weighted by Gasteiger charge is 2.14. The molecule has 0 aliphatic heterocycles. The lowest BCUT2D eigenvalue weighted by atomic mass is 10.1. The quantitative estimate of drug-likeness (QED) is 0.538. The van der Waals surface area contributed by atoms with E-state index in [1.807, 2.05) is 0 Å². The van der Waals surface area contributed by atoms with Crippen LogP contribution in [0.3, 0.4) is 0 Å². The minimum Gasteiger partial charge on any atom is -0.332 e. The van der Waals surface area contributed by atoms with Crippen LogP contribution in [0.15, 0.2) is 53.2 Å². The molecule has 27 heavy (non-hydrogen) atoms. The van der Waals surface area contributed by atoms with Gasteiger partial charge in [-0.05, 0) is 35.4 Å². The van der Waals surface area contributed by atoms with Gasteiger partial charge >= 0.3 is 0 Å². The summed E-state index contributed by atoms with van der Waals surface area (Å²) in [5, 5.41) is 11.7. The highest BCUT2D eigenvalue weighted by atomic mass is 19.1. The fraction of sp³-hybridized carbons (Fsp3) is 0.111. The molecule has 6 nitrogen and oxygen atoms in total. The van der Waals surface area contributed by atoms with E-state index in [2.05, 4.69) is 20.5 Å². The van der Waals surface area contributed by atoms with Crippen molar-refractivity contribution in [3.05, 3.63) is 83.1 Å². The lowest BCUT2D eigenvalue weighted by molar-refractivity contribution is 0.422. The zero-order valence-electron chi connectivity index (χ0n) is 13.8. The largest absolute Gasteiger partial charge is 0.332 e. The fourth-order valence-electron chi connectivity index (χ4n) is 2.62. The monoisotopic (exact) mass is 371 g/mol. The van der Waals surface area contributed by atoms with Crippen molar-refractivity contribution in [1.29, 1.82) is 0 Å². The van der Waals surface area contributed by atoms with Crippen LogP contribution in [0.25, 0.3) is 11.6 Å². The second-order valence-electron chi connectivity index (χ2n) is 5.90. The van der Waals surface area contributed by atoms with Crippen molar-refractivity contribution >= 4 is 0 Å². The summed E-state index contributed by atoms with van der Waals surface area (Å²) in [6.07, 6.45) is 1.69. The van der Waals surface area contributed by atoms with Crippen LogP contribution in [-0.2, 0) is 13.0 Å². The maximum absolute atomic E-state index is 13.3. The average molecular weight is 371 g/mol. The minimum absolute atomic E-state index is 0.107. The molecule has 0 saturated heterocycles. The molecule has 0 N–H and O–H groups in total. The third-order valence-electron chi connectivity index (χ3n) is 3.74. The molecule has 2 aromatic heterocycles. The molecule has 4 rings (SSSR count). The van der Waals surface area contributed by atoms with E-state index >= 15 is 0 Å². The third-order valence-corrected chi connectivity index (χ3v) is 3.74. The summed E-state index contributed by atoms with van der Waals surface area (Å²) in [6, 6.07) is 9.35. The second kappa shape index (κ2) is 7.02. The number of nitrogens with zero attached hydrogens (tertiary/aromatic N) is 5. The first-order valence-corrected chi connectivity index (χ1v) is 7.98. The molecule has 136 valence electrons. The van der Waals surface area contributed by atoms with E-state index in [1.165, 1.54) is 28.9 Å². The first-order chi connectivity index (χ1) is 13.0. The summed E-state index contributed by atoms with van der Waals surface area (Å²) in [6.45, 7) is 0.328. The third kappa shape index (κ3) is 4.02. The van der Waals surface area contributed by atoms with Gasteiger partial charge < -0.3 is 4.52 Å². The number of rotatable bonds is 5. The summed E-state index contributed by atoms with van der Waals surface area (Å²) in [7, 11) is 0. The SMILES string of the molecule is Fc1cc(F)cc(Cc2noc(-c3cn(Cc4cccc(F)c4)nn3)n2)c1. The van der Waals surface area contributed by atoms with Crippen LogP contribution in [0.5, 0.6) is 0 Å². The Hall–Kier alpha value is -3.49. The molecule has 0 fully saturated rings. The lowest BCUT2D eigenvalue weighted by Crippen LogP contribution is -2.00. The average Bonchev–Trinajstić information content (AvgIpc) is 3.23. The van der Waals surface area contributed by atoms with Gasteiger partial charge in [0.25, 0.3) is 5.89 Å². The molecule has 2 aromatic carbocycles. The summed E-state index contributed by atoms with van der Waals surface area (Å²) in [5.74, 6) is -1.28. The molecule has 0 saturated carbocycles. The number of hydrogen-bond donors (Lipinski definition) is 0. The van der Waals surface area contributed by atoms with Crippen molar-refractivity contribution in [2.75, 3.05) is 0 Å². The van der Waals surface area contributed by atoms with Gasteiger partial charge in [-0.2, -0.15) is 4.98 Å². The van der Waals surface area contributed by atoms with Crippen LogP contribution < -0.4 is 0 Å². The summed E-state index contributed by atoms with van der Waals surface area (Å²) in [5.41, 5.74) is 1.45. The molecular weight excluding hydrogens is 359 g/mol. The Balaban J connectivity index is 1.49. The van der Waals surface area contributed by atoms with E-state index in [0.717, 1.165) is 11.6 Å². The predicted octanol–water partition coefficient (Wildman–Crippen LogP) is 3.38. The van der Waals surface area contributed by atoms with E-state index in [0.29, 0.717) is 17.8 Å². The van der Waals surface area contributed by atoms with Crippen molar-refractivity contribution < 1.29 is 17.7 Å². The predicted molar refractivity (Wildman–Crippen MR) is 88.0 cm³/mol. The van der Waals surface area contributed by atoms with Crippen LogP contribution in [0, 0.1) is 17.5 Å². The molecule has 0 atom stereocenters. The van der Waals surface area contributed by atoms with Gasteiger partial charge in [0, 0.05) is 12.5 Å². The van der Waals surface area contributed by atoms with Gasteiger partial charge in [-0.15, -0.1) is 5.10 Å². The maximum Gasteiger partial charge on any atom is 0.280 e. The van der Waals surface area contributed by atoms with Crippen molar-refractivity contribution in [3.8, 4) is 11.6 Å². The van der Waals surface area contributed by atoms with Gasteiger partial charge in [-0.3, -0.25) is 0 Å². The fourth-order valence-corrected chi connectivity index (χ4v) is 2.62.